The number of benzene rings is 2. The molecule has 0 atom stereocenters. The molecule has 1 aliphatic rings. The fourth-order valence-corrected chi connectivity index (χ4v) is 3.13. The highest BCUT2D eigenvalue weighted by molar-refractivity contribution is 5.97. The standard InChI is InChI=1S/C21H25N3O4/c1-21(2,3)28-17-7-4-14(5-8-17)11-24-12-16-10-15(20(26)23-27)6-9-18(16)22-19(25)13-24/h4-10,27H,11-13H2,1-3H3,(H,22,25)(H,23,26). The highest BCUT2D eigenvalue weighted by Gasteiger charge is 2.21. The highest BCUT2D eigenvalue weighted by atomic mass is 16.5. The smallest absolute Gasteiger partial charge is 0.274 e. The number of hydrogen-bond acceptors (Lipinski definition) is 5. The SMILES string of the molecule is CC(C)(C)Oc1ccc(CN2CC(=O)Nc3ccc(C(=O)NO)cc3C2)cc1. The number of nitrogens with one attached hydrogen (secondary N) is 2. The second-order valence-electron chi connectivity index (χ2n) is 7.86. The van der Waals surface area contributed by atoms with Crippen LogP contribution < -0.4 is 15.5 Å². The van der Waals surface area contributed by atoms with Gasteiger partial charge in [-0.05, 0) is 62.2 Å². The molecule has 0 saturated heterocycles. The highest BCUT2D eigenvalue weighted by Crippen LogP contribution is 2.24. The molecule has 2 aromatic carbocycles. The normalized spacial score (nSPS) is 14.6. The van der Waals surface area contributed by atoms with Gasteiger partial charge in [-0.3, -0.25) is 19.7 Å². The van der Waals surface area contributed by atoms with Crippen LogP contribution in [0.25, 0.3) is 0 Å². The number of carbonyl (C=O) groups excluding carboxylic acids is 2. The molecule has 2 amide bonds. The maximum absolute atomic E-state index is 12.2. The van der Waals surface area contributed by atoms with Gasteiger partial charge >= 0.3 is 0 Å². The molecule has 3 N–H and O–H groups in total. The number of ether oxygens (including phenoxy) is 1. The van der Waals surface area contributed by atoms with Crippen LogP contribution >= 0.6 is 0 Å². The zero-order valence-electron chi connectivity index (χ0n) is 16.3. The molecule has 0 bridgehead atoms. The first-order chi connectivity index (χ1) is 13.2. The Bertz CT molecular complexity index is 872. The lowest BCUT2D eigenvalue weighted by molar-refractivity contribution is -0.117. The molecule has 0 aliphatic carbocycles. The molecule has 7 heteroatoms. The van der Waals surface area contributed by atoms with Gasteiger partial charge in [-0.1, -0.05) is 12.1 Å². The monoisotopic (exact) mass is 383 g/mol. The van der Waals surface area contributed by atoms with Gasteiger partial charge in [-0.15, -0.1) is 0 Å². The van der Waals surface area contributed by atoms with Crippen molar-refractivity contribution in [1.82, 2.24) is 10.4 Å². The fourth-order valence-electron chi connectivity index (χ4n) is 3.13. The van der Waals surface area contributed by atoms with Crippen LogP contribution in [-0.2, 0) is 17.9 Å². The Balaban J connectivity index is 1.76. The molecule has 2 aromatic rings. The molecule has 1 aliphatic heterocycles. The molecule has 0 saturated carbocycles. The third kappa shape index (κ3) is 5.09. The lowest BCUT2D eigenvalue weighted by Crippen LogP contribution is -2.29. The summed E-state index contributed by atoms with van der Waals surface area (Å²) < 4.78 is 5.84. The first-order valence-electron chi connectivity index (χ1n) is 9.11. The Morgan fingerprint density at radius 3 is 2.54 bits per heavy atom. The lowest BCUT2D eigenvalue weighted by Gasteiger charge is -2.22. The number of carbonyl (C=O) groups is 2. The molecule has 0 unspecified atom stereocenters. The summed E-state index contributed by atoms with van der Waals surface area (Å²) in [6.07, 6.45) is 0. The second kappa shape index (κ2) is 8.00. The summed E-state index contributed by atoms with van der Waals surface area (Å²) in [5.74, 6) is 0.111. The van der Waals surface area contributed by atoms with Crippen molar-refractivity contribution in [1.29, 1.82) is 0 Å². The molecule has 28 heavy (non-hydrogen) atoms. The van der Waals surface area contributed by atoms with Crippen LogP contribution in [0.4, 0.5) is 5.69 Å². The first kappa shape index (κ1) is 19.9. The number of rotatable bonds is 4. The summed E-state index contributed by atoms with van der Waals surface area (Å²) in [6.45, 7) is 7.33. The molecule has 0 fully saturated rings. The minimum atomic E-state index is -0.584. The summed E-state index contributed by atoms with van der Waals surface area (Å²) in [5.41, 5.74) is 4.26. The van der Waals surface area contributed by atoms with Crippen molar-refractivity contribution in [3.05, 3.63) is 59.2 Å². The van der Waals surface area contributed by atoms with E-state index >= 15 is 0 Å². The van der Waals surface area contributed by atoms with E-state index in [0.29, 0.717) is 24.3 Å². The minimum absolute atomic E-state index is 0.106. The van der Waals surface area contributed by atoms with Crippen molar-refractivity contribution in [3.8, 4) is 5.75 Å². The Morgan fingerprint density at radius 1 is 1.18 bits per heavy atom. The summed E-state index contributed by atoms with van der Waals surface area (Å²) in [5, 5.41) is 11.7. The maximum Gasteiger partial charge on any atom is 0.274 e. The van der Waals surface area contributed by atoms with Crippen molar-refractivity contribution in [3.63, 3.8) is 0 Å². The molecule has 7 nitrogen and oxygen atoms in total. The summed E-state index contributed by atoms with van der Waals surface area (Å²) >= 11 is 0. The maximum atomic E-state index is 12.2. The van der Waals surface area contributed by atoms with E-state index in [9.17, 15) is 9.59 Å². The van der Waals surface area contributed by atoms with Gasteiger partial charge in [0.05, 0.1) is 6.54 Å². The van der Waals surface area contributed by atoms with Gasteiger partial charge in [-0.2, -0.15) is 0 Å². The molecule has 0 aromatic heterocycles. The molecule has 3 rings (SSSR count). The van der Waals surface area contributed by atoms with Crippen LogP contribution in [0, 0.1) is 0 Å². The predicted molar refractivity (Wildman–Crippen MR) is 105 cm³/mol. The number of amides is 2. The van der Waals surface area contributed by atoms with Gasteiger partial charge < -0.3 is 10.1 Å². The van der Waals surface area contributed by atoms with Crippen LogP contribution in [0.3, 0.4) is 0 Å². The zero-order valence-corrected chi connectivity index (χ0v) is 16.3. The van der Waals surface area contributed by atoms with Gasteiger partial charge in [0.2, 0.25) is 5.91 Å². The largest absolute Gasteiger partial charge is 0.488 e. The second-order valence-corrected chi connectivity index (χ2v) is 7.86. The average Bonchev–Trinajstić information content (AvgIpc) is 2.78. The number of hydroxylamine groups is 1. The Hall–Kier alpha value is -2.90. The predicted octanol–water partition coefficient (Wildman–Crippen LogP) is 2.94. The van der Waals surface area contributed by atoms with E-state index in [-0.39, 0.29) is 18.1 Å². The van der Waals surface area contributed by atoms with Gasteiger partial charge in [0.1, 0.15) is 11.4 Å². The third-order valence-corrected chi connectivity index (χ3v) is 4.26. The molecule has 0 spiro atoms. The van der Waals surface area contributed by atoms with Crippen molar-refractivity contribution in [2.75, 3.05) is 11.9 Å². The molecule has 1 heterocycles. The van der Waals surface area contributed by atoms with Gasteiger partial charge in [0.25, 0.3) is 5.91 Å². The van der Waals surface area contributed by atoms with E-state index in [1.54, 1.807) is 23.7 Å². The van der Waals surface area contributed by atoms with Crippen molar-refractivity contribution < 1.29 is 19.5 Å². The number of fused-ring (bicyclic) bond motifs is 1. The van der Waals surface area contributed by atoms with Crippen LogP contribution in [-0.4, -0.2) is 34.1 Å². The molecular weight excluding hydrogens is 358 g/mol. The zero-order chi connectivity index (χ0) is 20.3. The number of anilines is 1. The van der Waals surface area contributed by atoms with E-state index in [1.165, 1.54) is 0 Å². The summed E-state index contributed by atoms with van der Waals surface area (Å²) in [7, 11) is 0. The van der Waals surface area contributed by atoms with Crippen LogP contribution in [0.5, 0.6) is 5.75 Å². The molecule has 0 radical (unpaired) electrons. The van der Waals surface area contributed by atoms with E-state index in [2.05, 4.69) is 5.32 Å². The van der Waals surface area contributed by atoms with Crippen molar-refractivity contribution in [2.45, 2.75) is 39.5 Å². The third-order valence-electron chi connectivity index (χ3n) is 4.26. The van der Waals surface area contributed by atoms with Crippen LogP contribution in [0.2, 0.25) is 0 Å². The summed E-state index contributed by atoms with van der Waals surface area (Å²) in [4.78, 5) is 25.9. The minimum Gasteiger partial charge on any atom is -0.488 e. The van der Waals surface area contributed by atoms with Gasteiger partial charge in [0.15, 0.2) is 0 Å². The Morgan fingerprint density at radius 2 is 1.89 bits per heavy atom. The number of hydrogen-bond donors (Lipinski definition) is 3. The fraction of sp³-hybridized carbons (Fsp3) is 0.333. The first-order valence-corrected chi connectivity index (χ1v) is 9.11. The van der Waals surface area contributed by atoms with E-state index in [4.69, 9.17) is 9.94 Å². The van der Waals surface area contributed by atoms with Crippen molar-refractivity contribution >= 4 is 17.5 Å². The quantitative estimate of drug-likeness (QED) is 0.558. The molecule has 148 valence electrons. The summed E-state index contributed by atoms with van der Waals surface area (Å²) in [6, 6.07) is 12.8. The average molecular weight is 383 g/mol. The van der Waals surface area contributed by atoms with E-state index in [1.807, 2.05) is 49.9 Å². The van der Waals surface area contributed by atoms with E-state index in [0.717, 1.165) is 16.9 Å². The van der Waals surface area contributed by atoms with Crippen molar-refractivity contribution in [2.24, 2.45) is 0 Å². The molecular formula is C21H25N3O4. The lowest BCUT2D eigenvalue weighted by atomic mass is 10.1. The van der Waals surface area contributed by atoms with Gasteiger partial charge in [-0.25, -0.2) is 5.48 Å². The Labute approximate surface area is 164 Å². The van der Waals surface area contributed by atoms with E-state index < -0.39 is 5.91 Å². The Kier molecular flexibility index (Phi) is 5.67. The van der Waals surface area contributed by atoms with Crippen LogP contribution in [0.1, 0.15) is 42.3 Å². The van der Waals surface area contributed by atoms with Crippen LogP contribution in [0.15, 0.2) is 42.5 Å². The number of nitrogens with zero attached hydrogens (tertiary/aromatic N) is 1. The topological polar surface area (TPSA) is 90.9 Å². The van der Waals surface area contributed by atoms with Gasteiger partial charge in [0, 0.05) is 24.3 Å².